The molecule has 0 aromatic carbocycles. The summed E-state index contributed by atoms with van der Waals surface area (Å²) in [6, 6.07) is -0.628. The molecule has 0 saturated heterocycles. The summed E-state index contributed by atoms with van der Waals surface area (Å²) in [5.74, 6) is 0.240. The lowest BCUT2D eigenvalue weighted by atomic mass is 10.0. The van der Waals surface area contributed by atoms with Crippen LogP contribution in [-0.4, -0.2) is 29.7 Å². The normalized spacial score (nSPS) is 15.3. The second kappa shape index (κ2) is 6.79. The van der Waals surface area contributed by atoms with E-state index in [1.165, 1.54) is 0 Å². The number of nitrogens with one attached hydrogen (secondary N) is 1. The van der Waals surface area contributed by atoms with Gasteiger partial charge in [-0.15, -0.1) is 0 Å². The van der Waals surface area contributed by atoms with Gasteiger partial charge in [-0.2, -0.15) is 0 Å². The molecule has 2 atom stereocenters. The zero-order chi connectivity index (χ0) is 11.1. The summed E-state index contributed by atoms with van der Waals surface area (Å²) in [5.41, 5.74) is 5.68. The van der Waals surface area contributed by atoms with Crippen LogP contribution in [0.15, 0.2) is 0 Å². The van der Waals surface area contributed by atoms with Gasteiger partial charge >= 0.3 is 0 Å². The molecule has 0 aliphatic rings. The number of hydrogen-bond acceptors (Lipinski definition) is 3. The van der Waals surface area contributed by atoms with E-state index in [0.29, 0.717) is 12.3 Å². The number of carbonyl (C=O) groups is 1. The smallest absolute Gasteiger partial charge is 0.237 e. The Balaban J connectivity index is 3.93. The Morgan fingerprint density at radius 3 is 2.43 bits per heavy atom. The lowest BCUT2D eigenvalue weighted by Crippen LogP contribution is -2.46. The summed E-state index contributed by atoms with van der Waals surface area (Å²) in [4.78, 5) is 11.5. The Morgan fingerprint density at radius 1 is 1.50 bits per heavy atom. The van der Waals surface area contributed by atoms with Crippen LogP contribution in [0.5, 0.6) is 0 Å². The Labute approximate surface area is 85.9 Å². The van der Waals surface area contributed by atoms with E-state index in [0.717, 1.165) is 6.42 Å². The largest absolute Gasteiger partial charge is 0.394 e. The Morgan fingerprint density at radius 2 is 2.07 bits per heavy atom. The third-order valence-corrected chi connectivity index (χ3v) is 2.12. The number of hydrogen-bond donors (Lipinski definition) is 3. The van der Waals surface area contributed by atoms with Crippen LogP contribution < -0.4 is 11.1 Å². The molecule has 4 nitrogen and oxygen atoms in total. The molecule has 84 valence electrons. The van der Waals surface area contributed by atoms with Gasteiger partial charge in [0.15, 0.2) is 0 Å². The fourth-order valence-electron chi connectivity index (χ4n) is 1.20. The molecule has 4 N–H and O–H groups in total. The highest BCUT2D eigenvalue weighted by atomic mass is 16.3. The summed E-state index contributed by atoms with van der Waals surface area (Å²) in [6.45, 7) is 5.93. The zero-order valence-electron chi connectivity index (χ0n) is 9.29. The average Bonchev–Trinajstić information content (AvgIpc) is 2.12. The summed E-state index contributed by atoms with van der Waals surface area (Å²) in [6.07, 6.45) is 1.39. The molecule has 0 bridgehead atoms. The molecule has 0 aliphatic heterocycles. The van der Waals surface area contributed by atoms with Gasteiger partial charge in [-0.25, -0.2) is 0 Å². The van der Waals surface area contributed by atoms with Crippen LogP contribution in [0.4, 0.5) is 0 Å². The highest BCUT2D eigenvalue weighted by Gasteiger charge is 2.17. The van der Waals surface area contributed by atoms with Gasteiger partial charge in [0.25, 0.3) is 0 Å². The van der Waals surface area contributed by atoms with Crippen molar-refractivity contribution in [2.45, 2.75) is 45.7 Å². The molecule has 0 heterocycles. The van der Waals surface area contributed by atoms with E-state index in [4.69, 9.17) is 10.8 Å². The summed E-state index contributed by atoms with van der Waals surface area (Å²) < 4.78 is 0. The van der Waals surface area contributed by atoms with Gasteiger partial charge in [0.05, 0.1) is 18.7 Å². The molecule has 0 rings (SSSR count). The van der Waals surface area contributed by atoms with Gasteiger partial charge in [0, 0.05) is 0 Å². The molecule has 0 spiro atoms. The maximum absolute atomic E-state index is 11.5. The molecular formula is C10H22N2O2. The first-order chi connectivity index (χ1) is 6.51. The maximum Gasteiger partial charge on any atom is 0.237 e. The van der Waals surface area contributed by atoms with E-state index >= 15 is 0 Å². The molecule has 1 amide bonds. The van der Waals surface area contributed by atoms with E-state index in [1.54, 1.807) is 0 Å². The van der Waals surface area contributed by atoms with E-state index < -0.39 is 6.04 Å². The van der Waals surface area contributed by atoms with Crippen LogP contribution in [-0.2, 0) is 4.79 Å². The van der Waals surface area contributed by atoms with E-state index in [2.05, 4.69) is 5.32 Å². The maximum atomic E-state index is 11.5. The zero-order valence-corrected chi connectivity index (χ0v) is 9.29. The van der Waals surface area contributed by atoms with Crippen LogP contribution in [0.3, 0.4) is 0 Å². The molecule has 0 aromatic heterocycles. The van der Waals surface area contributed by atoms with Crippen molar-refractivity contribution in [3.05, 3.63) is 0 Å². The van der Waals surface area contributed by atoms with Gasteiger partial charge in [-0.3, -0.25) is 4.79 Å². The van der Waals surface area contributed by atoms with Crippen molar-refractivity contribution >= 4 is 5.91 Å². The Kier molecular flexibility index (Phi) is 6.49. The number of aliphatic hydroxyl groups is 1. The SMILES string of the molecule is CC[C@H](CO)NC(=O)C(N)CC(C)C. The Hall–Kier alpha value is -0.610. The summed E-state index contributed by atoms with van der Waals surface area (Å²) >= 11 is 0. The van der Waals surface area contributed by atoms with Crippen LogP contribution in [0.1, 0.15) is 33.6 Å². The molecule has 0 aromatic rings. The van der Waals surface area contributed by atoms with Gasteiger partial charge in [0.1, 0.15) is 0 Å². The molecule has 0 saturated carbocycles. The van der Waals surface area contributed by atoms with Gasteiger partial charge in [-0.1, -0.05) is 20.8 Å². The van der Waals surface area contributed by atoms with Crippen molar-refractivity contribution in [2.24, 2.45) is 11.7 Å². The quantitative estimate of drug-likeness (QED) is 0.578. The van der Waals surface area contributed by atoms with Crippen LogP contribution in [0.2, 0.25) is 0 Å². The first kappa shape index (κ1) is 13.4. The second-order valence-electron chi connectivity index (χ2n) is 4.03. The number of carbonyl (C=O) groups excluding carboxylic acids is 1. The molecular weight excluding hydrogens is 180 g/mol. The molecule has 14 heavy (non-hydrogen) atoms. The molecule has 0 fully saturated rings. The second-order valence-corrected chi connectivity index (χ2v) is 4.03. The predicted octanol–water partition coefficient (Wildman–Crippen LogP) is 0.247. The fourth-order valence-corrected chi connectivity index (χ4v) is 1.20. The molecule has 1 unspecified atom stereocenters. The Bertz CT molecular complexity index is 168. The monoisotopic (exact) mass is 202 g/mol. The summed E-state index contributed by atoms with van der Waals surface area (Å²) in [7, 11) is 0. The highest BCUT2D eigenvalue weighted by molar-refractivity contribution is 5.81. The van der Waals surface area contributed by atoms with Crippen molar-refractivity contribution in [3.8, 4) is 0 Å². The third-order valence-electron chi connectivity index (χ3n) is 2.12. The van der Waals surface area contributed by atoms with Crippen molar-refractivity contribution in [3.63, 3.8) is 0 Å². The average molecular weight is 202 g/mol. The van der Waals surface area contributed by atoms with Crippen molar-refractivity contribution in [1.29, 1.82) is 0 Å². The van der Waals surface area contributed by atoms with Crippen molar-refractivity contribution in [1.82, 2.24) is 5.32 Å². The molecule has 0 aliphatic carbocycles. The lowest BCUT2D eigenvalue weighted by molar-refractivity contribution is -0.123. The lowest BCUT2D eigenvalue weighted by Gasteiger charge is -2.18. The number of nitrogens with two attached hydrogens (primary N) is 1. The van der Waals surface area contributed by atoms with E-state index in [-0.39, 0.29) is 18.6 Å². The van der Waals surface area contributed by atoms with Gasteiger partial charge < -0.3 is 16.2 Å². The molecule has 0 radical (unpaired) electrons. The number of aliphatic hydroxyl groups excluding tert-OH is 1. The topological polar surface area (TPSA) is 75.3 Å². The minimum absolute atomic E-state index is 0.0311. The number of amides is 1. The van der Waals surface area contributed by atoms with Crippen LogP contribution in [0.25, 0.3) is 0 Å². The van der Waals surface area contributed by atoms with Gasteiger partial charge in [0.2, 0.25) is 5.91 Å². The first-order valence-electron chi connectivity index (χ1n) is 5.18. The molecule has 4 heteroatoms. The minimum atomic E-state index is -0.462. The van der Waals surface area contributed by atoms with Crippen LogP contribution >= 0.6 is 0 Å². The minimum Gasteiger partial charge on any atom is -0.394 e. The van der Waals surface area contributed by atoms with Crippen molar-refractivity contribution in [2.75, 3.05) is 6.61 Å². The standard InChI is InChI=1S/C10H22N2O2/c1-4-8(6-13)12-10(14)9(11)5-7(2)3/h7-9,13H,4-6,11H2,1-3H3,(H,12,14)/t8-,9?/m1/s1. The highest BCUT2D eigenvalue weighted by Crippen LogP contribution is 2.03. The van der Waals surface area contributed by atoms with Crippen molar-refractivity contribution < 1.29 is 9.90 Å². The fraction of sp³-hybridized carbons (Fsp3) is 0.900. The van der Waals surface area contributed by atoms with Crippen LogP contribution in [0, 0.1) is 5.92 Å². The van der Waals surface area contributed by atoms with E-state index in [1.807, 2.05) is 20.8 Å². The third kappa shape index (κ3) is 5.19. The number of rotatable bonds is 6. The first-order valence-corrected chi connectivity index (χ1v) is 5.18. The predicted molar refractivity (Wildman–Crippen MR) is 56.7 cm³/mol. The van der Waals surface area contributed by atoms with E-state index in [9.17, 15) is 4.79 Å². The van der Waals surface area contributed by atoms with Gasteiger partial charge in [-0.05, 0) is 18.8 Å². The summed E-state index contributed by atoms with van der Waals surface area (Å²) in [5, 5.41) is 11.6.